The van der Waals surface area contributed by atoms with Gasteiger partial charge in [0.25, 0.3) is 5.91 Å². The molecule has 2 aromatic carbocycles. The normalized spacial score (nSPS) is 10.9. The van der Waals surface area contributed by atoms with Gasteiger partial charge < -0.3 is 11.1 Å². The first-order chi connectivity index (χ1) is 13.0. The van der Waals surface area contributed by atoms with Gasteiger partial charge in [-0.3, -0.25) is 14.8 Å². The van der Waals surface area contributed by atoms with Gasteiger partial charge >= 0.3 is 0 Å². The number of amides is 1. The van der Waals surface area contributed by atoms with Gasteiger partial charge in [-0.15, -0.1) is 11.3 Å². The Morgan fingerprint density at radius 3 is 2.74 bits per heavy atom. The largest absolute Gasteiger partial charge is 0.365 e. The van der Waals surface area contributed by atoms with E-state index in [4.69, 9.17) is 17.3 Å². The van der Waals surface area contributed by atoms with Gasteiger partial charge in [-0.05, 0) is 42.3 Å². The lowest BCUT2D eigenvalue weighted by Crippen LogP contribution is -2.14. The summed E-state index contributed by atoms with van der Waals surface area (Å²) in [7, 11) is 0. The van der Waals surface area contributed by atoms with Crippen LogP contribution in [-0.2, 0) is 0 Å². The fraction of sp³-hybridized carbons (Fsp3) is 0.0500. The van der Waals surface area contributed by atoms with Gasteiger partial charge in [0.1, 0.15) is 0 Å². The number of fused-ring (bicyclic) bond motifs is 1. The third kappa shape index (κ3) is 3.37. The quantitative estimate of drug-likeness (QED) is 0.500. The smallest absolute Gasteiger partial charge is 0.252 e. The number of hydrogen-bond acceptors (Lipinski definition) is 5. The second-order valence-electron chi connectivity index (χ2n) is 6.10. The maximum Gasteiger partial charge on any atom is 0.252 e. The van der Waals surface area contributed by atoms with Crippen LogP contribution >= 0.6 is 22.9 Å². The van der Waals surface area contributed by atoms with Crippen molar-refractivity contribution in [1.29, 1.82) is 0 Å². The minimum absolute atomic E-state index is 0.320. The van der Waals surface area contributed by atoms with Gasteiger partial charge in [-0.2, -0.15) is 0 Å². The first-order valence-electron chi connectivity index (χ1n) is 8.17. The SMILES string of the molecule is Cc1ccc(Nc2c(C(N)=O)cnc3ccc(-c4cncs4)cc23)cc1Cl. The zero-order valence-corrected chi connectivity index (χ0v) is 15.9. The van der Waals surface area contributed by atoms with Crippen molar-refractivity contribution in [2.24, 2.45) is 5.73 Å². The van der Waals surface area contributed by atoms with Crippen LogP contribution in [0.2, 0.25) is 5.02 Å². The monoisotopic (exact) mass is 394 g/mol. The molecule has 134 valence electrons. The van der Waals surface area contributed by atoms with E-state index in [0.717, 1.165) is 32.6 Å². The zero-order chi connectivity index (χ0) is 19.0. The van der Waals surface area contributed by atoms with Crippen LogP contribution < -0.4 is 11.1 Å². The van der Waals surface area contributed by atoms with E-state index >= 15 is 0 Å². The van der Waals surface area contributed by atoms with Crippen LogP contribution in [0.4, 0.5) is 11.4 Å². The molecule has 2 aromatic heterocycles. The summed E-state index contributed by atoms with van der Waals surface area (Å²) in [6.07, 6.45) is 3.30. The minimum atomic E-state index is -0.548. The summed E-state index contributed by atoms with van der Waals surface area (Å²) in [6.45, 7) is 1.93. The lowest BCUT2D eigenvalue weighted by atomic mass is 10.0. The van der Waals surface area contributed by atoms with Crippen LogP contribution in [0.1, 0.15) is 15.9 Å². The molecule has 0 aliphatic rings. The minimum Gasteiger partial charge on any atom is -0.365 e. The molecule has 27 heavy (non-hydrogen) atoms. The van der Waals surface area contributed by atoms with Crippen molar-refractivity contribution < 1.29 is 4.79 Å². The molecule has 5 nitrogen and oxygen atoms in total. The van der Waals surface area contributed by atoms with Gasteiger partial charge in [-0.1, -0.05) is 23.7 Å². The number of benzene rings is 2. The Labute approximate surface area is 164 Å². The average Bonchev–Trinajstić information content (AvgIpc) is 3.19. The first-order valence-corrected chi connectivity index (χ1v) is 9.43. The van der Waals surface area contributed by atoms with Gasteiger partial charge in [0.05, 0.1) is 27.2 Å². The first kappa shape index (κ1) is 17.5. The number of primary amides is 1. The molecule has 2 heterocycles. The predicted octanol–water partition coefficient (Wildman–Crippen LogP) is 5.16. The average molecular weight is 395 g/mol. The Morgan fingerprint density at radius 2 is 2.04 bits per heavy atom. The van der Waals surface area contributed by atoms with Crippen LogP contribution in [0.15, 0.2) is 54.3 Å². The summed E-state index contributed by atoms with van der Waals surface area (Å²) >= 11 is 7.79. The molecule has 0 saturated heterocycles. The number of carbonyl (C=O) groups excluding carboxylic acids is 1. The van der Waals surface area contributed by atoms with Gasteiger partial charge in [-0.25, -0.2) is 0 Å². The molecular weight excluding hydrogens is 380 g/mol. The molecule has 4 aromatic rings. The van der Waals surface area contributed by atoms with Gasteiger partial charge in [0.2, 0.25) is 0 Å². The van der Waals surface area contributed by atoms with Crippen molar-refractivity contribution in [3.8, 4) is 10.4 Å². The second-order valence-corrected chi connectivity index (χ2v) is 7.39. The van der Waals surface area contributed by atoms with Crippen LogP contribution in [0.25, 0.3) is 21.3 Å². The Morgan fingerprint density at radius 1 is 1.19 bits per heavy atom. The van der Waals surface area contributed by atoms with Crippen molar-refractivity contribution in [2.45, 2.75) is 6.92 Å². The van der Waals surface area contributed by atoms with E-state index in [1.807, 2.05) is 49.5 Å². The van der Waals surface area contributed by atoms with Crippen molar-refractivity contribution in [2.75, 3.05) is 5.32 Å². The number of nitrogens with one attached hydrogen (secondary N) is 1. The van der Waals surface area contributed by atoms with Crippen LogP contribution in [-0.4, -0.2) is 15.9 Å². The fourth-order valence-electron chi connectivity index (χ4n) is 2.84. The van der Waals surface area contributed by atoms with E-state index in [0.29, 0.717) is 16.3 Å². The molecule has 0 spiro atoms. The maximum absolute atomic E-state index is 12.0. The molecule has 0 unspecified atom stereocenters. The second kappa shape index (κ2) is 6.98. The summed E-state index contributed by atoms with van der Waals surface area (Å²) in [5.74, 6) is -0.548. The highest BCUT2D eigenvalue weighted by atomic mass is 35.5. The standard InChI is InChI=1S/C20H15ClN4OS/c1-11-2-4-13(7-16(11)21)25-19-14-6-12(18-9-23-10-27-18)3-5-17(14)24-8-15(19)20(22)26/h2-10H,1H3,(H2,22,26)(H,24,25). The van der Waals surface area contributed by atoms with Gasteiger partial charge in [0.15, 0.2) is 0 Å². The molecule has 1 amide bonds. The van der Waals surface area contributed by atoms with Crippen molar-refractivity contribution in [3.63, 3.8) is 0 Å². The number of rotatable bonds is 4. The van der Waals surface area contributed by atoms with E-state index in [9.17, 15) is 4.79 Å². The summed E-state index contributed by atoms with van der Waals surface area (Å²) < 4.78 is 0. The number of nitrogens with zero attached hydrogens (tertiary/aromatic N) is 2. The van der Waals surface area contributed by atoms with E-state index in [1.165, 1.54) is 6.20 Å². The number of anilines is 2. The Hall–Kier alpha value is -2.96. The lowest BCUT2D eigenvalue weighted by Gasteiger charge is -2.14. The van der Waals surface area contributed by atoms with Crippen molar-refractivity contribution in [1.82, 2.24) is 9.97 Å². The molecule has 0 radical (unpaired) electrons. The van der Waals surface area contributed by atoms with E-state index in [2.05, 4.69) is 15.3 Å². The predicted molar refractivity (Wildman–Crippen MR) is 111 cm³/mol. The number of thiazole rings is 1. The number of aryl methyl sites for hydroxylation is 1. The van der Waals surface area contributed by atoms with Crippen LogP contribution in [0, 0.1) is 6.92 Å². The van der Waals surface area contributed by atoms with E-state index in [-0.39, 0.29) is 0 Å². The molecule has 0 atom stereocenters. The van der Waals surface area contributed by atoms with Crippen LogP contribution in [0.5, 0.6) is 0 Å². The zero-order valence-electron chi connectivity index (χ0n) is 14.4. The number of hydrogen-bond donors (Lipinski definition) is 2. The van der Waals surface area contributed by atoms with Gasteiger partial charge in [0, 0.05) is 28.5 Å². The van der Waals surface area contributed by atoms with Crippen molar-refractivity contribution in [3.05, 3.63) is 70.5 Å². The Kier molecular flexibility index (Phi) is 4.51. The number of carbonyl (C=O) groups is 1. The molecule has 4 rings (SSSR count). The van der Waals surface area contributed by atoms with Crippen LogP contribution in [0.3, 0.4) is 0 Å². The third-order valence-electron chi connectivity index (χ3n) is 4.29. The molecule has 0 bridgehead atoms. The summed E-state index contributed by atoms with van der Waals surface area (Å²) in [5.41, 5.74) is 11.8. The molecule has 3 N–H and O–H groups in total. The van der Waals surface area contributed by atoms with E-state index < -0.39 is 5.91 Å². The van der Waals surface area contributed by atoms with E-state index in [1.54, 1.807) is 16.8 Å². The fourth-order valence-corrected chi connectivity index (χ4v) is 3.64. The molecule has 7 heteroatoms. The highest BCUT2D eigenvalue weighted by Gasteiger charge is 2.15. The highest BCUT2D eigenvalue weighted by molar-refractivity contribution is 7.13. The molecule has 0 fully saturated rings. The molecule has 0 saturated carbocycles. The number of aromatic nitrogens is 2. The maximum atomic E-state index is 12.0. The summed E-state index contributed by atoms with van der Waals surface area (Å²) in [6, 6.07) is 11.5. The third-order valence-corrected chi connectivity index (χ3v) is 5.52. The topological polar surface area (TPSA) is 80.9 Å². The summed E-state index contributed by atoms with van der Waals surface area (Å²) in [5, 5.41) is 4.74. The molecule has 0 aliphatic carbocycles. The molecule has 0 aliphatic heterocycles. The molecular formula is C20H15ClN4OS. The number of pyridine rings is 1. The number of halogens is 1. The Balaban J connectivity index is 1.91. The summed E-state index contributed by atoms with van der Waals surface area (Å²) in [4.78, 5) is 21.5. The lowest BCUT2D eigenvalue weighted by molar-refractivity contribution is 0.100. The highest BCUT2D eigenvalue weighted by Crippen LogP contribution is 2.34. The van der Waals surface area contributed by atoms with Crippen molar-refractivity contribution >= 4 is 51.1 Å². The number of nitrogens with two attached hydrogens (primary N) is 1. The Bertz CT molecular complexity index is 1160.